The quantitative estimate of drug-likeness (QED) is 0.0896. The molecule has 1 aromatic carbocycles. The first-order valence-corrected chi connectivity index (χ1v) is 19.7. The third-order valence-corrected chi connectivity index (χ3v) is 20.0. The average Bonchev–Trinajstić information content (AvgIpc) is 2.76. The number of unbranched alkanes of at least 4 members (excludes halogenated alkanes) is 3. The monoisotopic (exact) mass is 512 g/mol. The van der Waals surface area contributed by atoms with Crippen LogP contribution in [0.5, 0.6) is 0 Å². The predicted molar refractivity (Wildman–Crippen MR) is 127 cm³/mol. The Hall–Kier alpha value is -0.361. The summed E-state index contributed by atoms with van der Waals surface area (Å²) in [6, 6.07) is 10.3. The van der Waals surface area contributed by atoms with Crippen molar-refractivity contribution in [2.45, 2.75) is 78.7 Å². The number of benzene rings is 1. The Morgan fingerprint density at radius 2 is 1.48 bits per heavy atom. The van der Waals surface area contributed by atoms with Crippen LogP contribution < -0.4 is 0 Å². The van der Waals surface area contributed by atoms with Crippen molar-refractivity contribution < 1.29 is 14.2 Å². The van der Waals surface area contributed by atoms with Crippen LogP contribution in [0, 0.1) is 0 Å². The van der Waals surface area contributed by atoms with Crippen molar-refractivity contribution in [1.29, 1.82) is 0 Å². The average molecular weight is 511 g/mol. The minimum atomic E-state index is -2.19. The number of rotatable bonds is 18. The zero-order valence-corrected chi connectivity index (χ0v) is 22.2. The maximum absolute atomic E-state index is 6.30. The molecule has 0 radical (unpaired) electrons. The molecule has 0 N–H and O–H groups in total. The molecule has 0 bridgehead atoms. The van der Waals surface area contributed by atoms with Crippen LogP contribution in [0.4, 0.5) is 0 Å². The molecule has 0 aromatic heterocycles. The van der Waals surface area contributed by atoms with E-state index in [0.29, 0.717) is 6.61 Å². The zero-order chi connectivity index (χ0) is 21.2. The van der Waals surface area contributed by atoms with Gasteiger partial charge in [0, 0.05) is 0 Å². The molecule has 4 heteroatoms. The Balaban J connectivity index is 2.65. The first kappa shape index (κ1) is 26.7. The Bertz CT molecular complexity index is 496. The number of hydrogen-bond acceptors (Lipinski definition) is 3. The van der Waals surface area contributed by atoms with Crippen LogP contribution in [-0.4, -0.2) is 43.5 Å². The van der Waals surface area contributed by atoms with Crippen molar-refractivity contribution in [1.82, 2.24) is 0 Å². The minimum absolute atomic E-state index is 0.0895. The van der Waals surface area contributed by atoms with E-state index in [9.17, 15) is 0 Å². The van der Waals surface area contributed by atoms with Crippen LogP contribution in [0.15, 0.2) is 42.5 Å². The molecule has 0 saturated heterocycles. The summed E-state index contributed by atoms with van der Waals surface area (Å²) < 4.78 is 22.8. The van der Waals surface area contributed by atoms with E-state index >= 15 is 0 Å². The molecule has 3 nitrogen and oxygen atoms in total. The van der Waals surface area contributed by atoms with Crippen molar-refractivity contribution in [3.05, 3.63) is 48.0 Å². The molecule has 0 heterocycles. The molecule has 0 aliphatic rings. The molecule has 1 atom stereocenters. The summed E-state index contributed by atoms with van der Waals surface area (Å²) >= 11 is -2.19. The maximum atomic E-state index is 6.30. The van der Waals surface area contributed by atoms with Gasteiger partial charge < -0.3 is 0 Å². The number of hydrogen-bond donors (Lipinski definition) is 0. The van der Waals surface area contributed by atoms with E-state index in [4.69, 9.17) is 14.2 Å². The Labute approximate surface area is 184 Å². The van der Waals surface area contributed by atoms with Gasteiger partial charge >= 0.3 is 184 Å². The molecule has 0 fully saturated rings. The van der Waals surface area contributed by atoms with Gasteiger partial charge in [0.05, 0.1) is 0 Å². The van der Waals surface area contributed by atoms with Gasteiger partial charge in [-0.3, -0.25) is 0 Å². The van der Waals surface area contributed by atoms with Crippen LogP contribution in [-0.2, 0) is 14.2 Å². The second-order valence-corrected chi connectivity index (χ2v) is 21.8. The van der Waals surface area contributed by atoms with Gasteiger partial charge in [0.1, 0.15) is 0 Å². The van der Waals surface area contributed by atoms with Crippen molar-refractivity contribution in [3.63, 3.8) is 0 Å². The van der Waals surface area contributed by atoms with Gasteiger partial charge in [0.2, 0.25) is 0 Å². The van der Waals surface area contributed by atoms with E-state index in [-0.39, 0.29) is 12.9 Å². The molecule has 1 aromatic rings. The molecule has 0 spiro atoms. The van der Waals surface area contributed by atoms with E-state index in [1.807, 2.05) is 18.2 Å². The number of ether oxygens (including phenoxy) is 3. The third-order valence-electron chi connectivity index (χ3n) is 5.61. The second kappa shape index (κ2) is 17.3. The van der Waals surface area contributed by atoms with Gasteiger partial charge in [-0.1, -0.05) is 0 Å². The van der Waals surface area contributed by atoms with Crippen LogP contribution in [0.25, 0.3) is 0 Å². The Morgan fingerprint density at radius 1 is 0.897 bits per heavy atom. The third kappa shape index (κ3) is 11.6. The molecule has 0 aliphatic heterocycles. The first-order chi connectivity index (χ1) is 14.2. The van der Waals surface area contributed by atoms with Crippen molar-refractivity contribution in [2.75, 3.05) is 25.1 Å². The molecule has 166 valence electrons. The van der Waals surface area contributed by atoms with E-state index in [1.54, 1.807) is 7.11 Å². The van der Waals surface area contributed by atoms with Crippen LogP contribution in [0.1, 0.15) is 71.0 Å². The Kier molecular flexibility index (Phi) is 15.9. The fraction of sp³-hybridized carbons (Fsp3) is 0.680. The van der Waals surface area contributed by atoms with E-state index in [0.717, 1.165) is 10.2 Å². The summed E-state index contributed by atoms with van der Waals surface area (Å²) in [5.41, 5.74) is 1.14. The molecule has 29 heavy (non-hydrogen) atoms. The molecule has 1 unspecified atom stereocenters. The van der Waals surface area contributed by atoms with Gasteiger partial charge in [-0.15, -0.1) is 0 Å². The number of methoxy groups -OCH3 is 1. The summed E-state index contributed by atoms with van der Waals surface area (Å²) in [5.74, 6) is 0. The first-order valence-electron chi connectivity index (χ1n) is 11.6. The summed E-state index contributed by atoms with van der Waals surface area (Å²) in [5, 5.41) is 0. The zero-order valence-electron chi connectivity index (χ0n) is 19.3. The molecule has 0 amide bonds. The normalized spacial score (nSPS) is 13.2. The standard InChI is InChI=1S/C13H17O3.3C4H9.Sn/c1-14-10-6-9-13(16-11-15-2)12-7-4-3-5-8-12;3*1-3-4-2;/h3-9,13H,1,10-11H2,2H3;3*1,3-4H2,2H3;/b9-6+;;;;. The summed E-state index contributed by atoms with van der Waals surface area (Å²) in [7, 11) is 1.66. The second-order valence-electron chi connectivity index (χ2n) is 8.16. The predicted octanol–water partition coefficient (Wildman–Crippen LogP) is 7.31. The molecular formula is C25H44O3Sn. The van der Waals surface area contributed by atoms with E-state index in [2.05, 4.69) is 45.1 Å². The molecule has 0 aliphatic carbocycles. The van der Waals surface area contributed by atoms with Crippen LogP contribution in [0.2, 0.25) is 13.3 Å². The summed E-state index contributed by atoms with van der Waals surface area (Å²) in [6.45, 7) is 7.94. The van der Waals surface area contributed by atoms with Gasteiger partial charge in [0.25, 0.3) is 0 Å². The van der Waals surface area contributed by atoms with Gasteiger partial charge in [0.15, 0.2) is 0 Å². The molecule has 1 rings (SSSR count). The SMILES string of the molecule is CCC[CH2][Sn]([CH2]CCC)([CH2]CCC)[CH2]OC/C=C/C(OCOC)c1ccccc1. The van der Waals surface area contributed by atoms with Crippen molar-refractivity contribution in [2.24, 2.45) is 0 Å². The summed E-state index contributed by atoms with van der Waals surface area (Å²) in [4.78, 5) is 0. The van der Waals surface area contributed by atoms with Crippen LogP contribution in [0.3, 0.4) is 0 Å². The van der Waals surface area contributed by atoms with Crippen molar-refractivity contribution in [3.8, 4) is 0 Å². The molecular weight excluding hydrogens is 467 g/mol. The van der Waals surface area contributed by atoms with E-state index < -0.39 is 18.4 Å². The fourth-order valence-electron chi connectivity index (χ4n) is 3.82. The van der Waals surface area contributed by atoms with Crippen LogP contribution >= 0.6 is 0 Å². The molecule has 0 saturated carbocycles. The van der Waals surface area contributed by atoms with Gasteiger partial charge in [-0.2, -0.15) is 0 Å². The Morgan fingerprint density at radius 3 is 2.00 bits per heavy atom. The van der Waals surface area contributed by atoms with Gasteiger partial charge in [-0.05, 0) is 0 Å². The van der Waals surface area contributed by atoms with Gasteiger partial charge in [-0.25, -0.2) is 0 Å². The topological polar surface area (TPSA) is 27.7 Å². The van der Waals surface area contributed by atoms with E-state index in [1.165, 1.54) is 51.8 Å². The van der Waals surface area contributed by atoms with Crippen molar-refractivity contribution >= 4 is 18.4 Å². The fourth-order valence-corrected chi connectivity index (χ4v) is 18.2. The summed E-state index contributed by atoms with van der Waals surface area (Å²) in [6.07, 6.45) is 12.3.